The van der Waals surface area contributed by atoms with Crippen LogP contribution < -0.4 is 5.32 Å². The van der Waals surface area contributed by atoms with Crippen molar-refractivity contribution in [3.05, 3.63) is 58.7 Å². The summed E-state index contributed by atoms with van der Waals surface area (Å²) in [7, 11) is 1.69. The number of pyridine rings is 1. The van der Waals surface area contributed by atoms with Crippen molar-refractivity contribution in [2.45, 2.75) is 13.2 Å². The van der Waals surface area contributed by atoms with Gasteiger partial charge in [-0.15, -0.1) is 0 Å². The number of methoxy groups -OCH3 is 1. The van der Waals surface area contributed by atoms with E-state index in [0.29, 0.717) is 24.0 Å². The Morgan fingerprint density at radius 3 is 2.83 bits per heavy atom. The van der Waals surface area contributed by atoms with Crippen molar-refractivity contribution in [1.29, 1.82) is 0 Å². The normalized spacial score (nSPS) is 10.3. The number of rotatable bonds is 5. The van der Waals surface area contributed by atoms with Crippen LogP contribution in [0.1, 0.15) is 11.1 Å². The largest absolute Gasteiger partial charge is 0.380 e. The Labute approximate surface area is 112 Å². The summed E-state index contributed by atoms with van der Waals surface area (Å²) in [5.74, 6) is 0.705. The highest BCUT2D eigenvalue weighted by Gasteiger charge is 2.00. The zero-order valence-corrected chi connectivity index (χ0v) is 10.9. The Morgan fingerprint density at radius 2 is 2.06 bits per heavy atom. The molecule has 1 aromatic carbocycles. The minimum Gasteiger partial charge on any atom is -0.380 e. The second-order valence-corrected chi connectivity index (χ2v) is 4.35. The second kappa shape index (κ2) is 6.38. The van der Waals surface area contributed by atoms with Crippen LogP contribution in [0.15, 0.2) is 42.6 Å². The van der Waals surface area contributed by atoms with Gasteiger partial charge in [0.15, 0.2) is 0 Å². The van der Waals surface area contributed by atoms with E-state index in [9.17, 15) is 0 Å². The molecule has 0 spiro atoms. The maximum Gasteiger partial charge on any atom is 0.145 e. The van der Waals surface area contributed by atoms with Crippen molar-refractivity contribution in [2.24, 2.45) is 0 Å². The second-order valence-electron chi connectivity index (χ2n) is 3.94. The zero-order valence-electron chi connectivity index (χ0n) is 10.2. The molecule has 1 N–H and O–H groups in total. The Bertz CT molecular complexity index is 517. The molecule has 4 heteroatoms. The zero-order chi connectivity index (χ0) is 12.8. The molecule has 0 bridgehead atoms. The van der Waals surface area contributed by atoms with E-state index >= 15 is 0 Å². The van der Waals surface area contributed by atoms with E-state index in [1.54, 1.807) is 13.3 Å². The van der Waals surface area contributed by atoms with Gasteiger partial charge in [-0.2, -0.15) is 0 Å². The fourth-order valence-electron chi connectivity index (χ4n) is 1.70. The Balaban J connectivity index is 2.02. The molecule has 1 aromatic heterocycles. The highest BCUT2D eigenvalue weighted by atomic mass is 35.5. The van der Waals surface area contributed by atoms with Crippen LogP contribution >= 0.6 is 11.6 Å². The highest BCUT2D eigenvalue weighted by molar-refractivity contribution is 6.32. The summed E-state index contributed by atoms with van der Waals surface area (Å²) < 4.78 is 5.11. The molecule has 0 fully saturated rings. The first-order valence-electron chi connectivity index (χ1n) is 5.71. The van der Waals surface area contributed by atoms with Crippen LogP contribution in [0.2, 0.25) is 5.02 Å². The smallest absolute Gasteiger partial charge is 0.145 e. The molecule has 1 heterocycles. The first-order valence-corrected chi connectivity index (χ1v) is 6.08. The van der Waals surface area contributed by atoms with Crippen molar-refractivity contribution >= 4 is 17.4 Å². The minimum atomic E-state index is 0.623. The maximum absolute atomic E-state index is 6.03. The molecule has 0 aliphatic carbocycles. The lowest BCUT2D eigenvalue weighted by Crippen LogP contribution is -2.02. The summed E-state index contributed by atoms with van der Waals surface area (Å²) in [5, 5.41) is 3.84. The van der Waals surface area contributed by atoms with Gasteiger partial charge >= 0.3 is 0 Å². The number of nitrogens with zero attached hydrogens (tertiary/aromatic N) is 1. The van der Waals surface area contributed by atoms with Gasteiger partial charge in [0.2, 0.25) is 0 Å². The van der Waals surface area contributed by atoms with Crippen LogP contribution in [0.5, 0.6) is 0 Å². The summed E-state index contributed by atoms with van der Waals surface area (Å²) >= 11 is 6.03. The number of anilines is 1. The molecule has 0 saturated heterocycles. The van der Waals surface area contributed by atoms with E-state index in [-0.39, 0.29) is 0 Å². The van der Waals surface area contributed by atoms with E-state index < -0.39 is 0 Å². The van der Waals surface area contributed by atoms with Crippen molar-refractivity contribution < 1.29 is 4.74 Å². The molecule has 94 valence electrons. The molecular formula is C14H15ClN2O. The van der Waals surface area contributed by atoms with Crippen molar-refractivity contribution in [1.82, 2.24) is 4.98 Å². The number of aromatic nitrogens is 1. The summed E-state index contributed by atoms with van der Waals surface area (Å²) in [6, 6.07) is 11.9. The van der Waals surface area contributed by atoms with Crippen LogP contribution in [-0.4, -0.2) is 12.1 Å². The monoisotopic (exact) mass is 262 g/mol. The number of hydrogen-bond acceptors (Lipinski definition) is 3. The van der Waals surface area contributed by atoms with Crippen molar-refractivity contribution in [3.8, 4) is 0 Å². The van der Waals surface area contributed by atoms with E-state index in [1.165, 1.54) is 5.56 Å². The van der Waals surface area contributed by atoms with Gasteiger partial charge in [-0.3, -0.25) is 0 Å². The third-order valence-corrected chi connectivity index (χ3v) is 2.83. The van der Waals surface area contributed by atoms with Gasteiger partial charge < -0.3 is 10.1 Å². The molecule has 18 heavy (non-hydrogen) atoms. The molecule has 0 saturated carbocycles. The molecule has 2 rings (SSSR count). The van der Waals surface area contributed by atoms with Gasteiger partial charge in [0, 0.05) is 19.9 Å². The van der Waals surface area contributed by atoms with Gasteiger partial charge in [-0.25, -0.2) is 4.98 Å². The number of halogens is 1. The fraction of sp³-hybridized carbons (Fsp3) is 0.214. The minimum absolute atomic E-state index is 0.623. The lowest BCUT2D eigenvalue weighted by molar-refractivity contribution is 0.185. The lowest BCUT2D eigenvalue weighted by Gasteiger charge is -2.08. The predicted molar refractivity (Wildman–Crippen MR) is 73.7 cm³/mol. The van der Waals surface area contributed by atoms with Crippen molar-refractivity contribution in [2.75, 3.05) is 12.4 Å². The fourth-order valence-corrected chi connectivity index (χ4v) is 1.89. The summed E-state index contributed by atoms with van der Waals surface area (Å²) in [6.45, 7) is 1.31. The van der Waals surface area contributed by atoms with Crippen molar-refractivity contribution in [3.63, 3.8) is 0 Å². The first-order chi connectivity index (χ1) is 8.79. The molecule has 0 unspecified atom stereocenters. The number of ether oxygens (including phenoxy) is 1. The SMILES string of the molecule is COCc1cccc(CNc2ncccc2Cl)c1. The Kier molecular flexibility index (Phi) is 4.56. The highest BCUT2D eigenvalue weighted by Crippen LogP contribution is 2.18. The molecule has 3 nitrogen and oxygen atoms in total. The standard InChI is InChI=1S/C14H15ClN2O/c1-18-10-12-5-2-4-11(8-12)9-17-14-13(15)6-3-7-16-14/h2-8H,9-10H2,1H3,(H,16,17). The summed E-state index contributed by atoms with van der Waals surface area (Å²) in [6.07, 6.45) is 1.72. The van der Waals surface area contributed by atoms with Gasteiger partial charge in [-0.1, -0.05) is 35.9 Å². The average molecular weight is 263 g/mol. The average Bonchev–Trinajstić information content (AvgIpc) is 2.39. The van der Waals surface area contributed by atoms with Gasteiger partial charge in [0.05, 0.1) is 11.6 Å². The van der Waals surface area contributed by atoms with Crippen LogP contribution in [0.25, 0.3) is 0 Å². The number of benzene rings is 1. The molecule has 0 amide bonds. The third-order valence-electron chi connectivity index (χ3n) is 2.52. The van der Waals surface area contributed by atoms with Gasteiger partial charge in [0.1, 0.15) is 5.82 Å². The molecule has 0 atom stereocenters. The number of hydrogen-bond donors (Lipinski definition) is 1. The van der Waals surface area contributed by atoms with E-state index in [1.807, 2.05) is 24.3 Å². The topological polar surface area (TPSA) is 34.1 Å². The van der Waals surface area contributed by atoms with Crippen LogP contribution in [0, 0.1) is 0 Å². The van der Waals surface area contributed by atoms with E-state index in [0.717, 1.165) is 5.56 Å². The third kappa shape index (κ3) is 3.45. The maximum atomic E-state index is 6.03. The van der Waals surface area contributed by atoms with Crippen LogP contribution in [0.3, 0.4) is 0 Å². The van der Waals surface area contributed by atoms with Crippen LogP contribution in [0.4, 0.5) is 5.82 Å². The van der Waals surface area contributed by atoms with Crippen LogP contribution in [-0.2, 0) is 17.9 Å². The lowest BCUT2D eigenvalue weighted by atomic mass is 10.1. The predicted octanol–water partition coefficient (Wildman–Crippen LogP) is 3.49. The summed E-state index contributed by atoms with van der Waals surface area (Å²) in [4.78, 5) is 4.18. The molecule has 2 aromatic rings. The van der Waals surface area contributed by atoms with E-state index in [4.69, 9.17) is 16.3 Å². The number of nitrogens with one attached hydrogen (secondary N) is 1. The molecule has 0 aliphatic heterocycles. The quantitative estimate of drug-likeness (QED) is 0.896. The molecule has 0 aliphatic rings. The van der Waals surface area contributed by atoms with Gasteiger partial charge in [-0.05, 0) is 23.3 Å². The Hall–Kier alpha value is -1.58. The Morgan fingerprint density at radius 1 is 1.22 bits per heavy atom. The molecule has 0 radical (unpaired) electrons. The first kappa shape index (κ1) is 12.9. The van der Waals surface area contributed by atoms with E-state index in [2.05, 4.69) is 22.4 Å². The van der Waals surface area contributed by atoms with Gasteiger partial charge in [0.25, 0.3) is 0 Å². The molecular weight excluding hydrogens is 248 g/mol. The summed E-state index contributed by atoms with van der Waals surface area (Å²) in [5.41, 5.74) is 2.33.